The number of unbranched alkanes of at least 4 members (excludes halogenated alkanes) is 26. The molecule has 374 valence electrons. The first-order chi connectivity index (χ1) is 32.0. The fourth-order valence-corrected chi connectivity index (χ4v) is 7.48. The zero-order chi connectivity index (χ0) is 47.2. The molecule has 0 aliphatic heterocycles. The van der Waals surface area contributed by atoms with Crippen molar-refractivity contribution >= 4 is 17.9 Å². The number of hydrogen-bond acceptors (Lipinski definition) is 6. The van der Waals surface area contributed by atoms with Crippen LogP contribution in [0.2, 0.25) is 0 Å². The molecule has 0 saturated heterocycles. The van der Waals surface area contributed by atoms with E-state index in [4.69, 9.17) is 14.2 Å². The molecule has 6 heteroatoms. The Bertz CT molecular complexity index is 1230. The maximum absolute atomic E-state index is 12.8. The lowest BCUT2D eigenvalue weighted by Gasteiger charge is -2.18. The summed E-state index contributed by atoms with van der Waals surface area (Å²) < 4.78 is 16.8. The lowest BCUT2D eigenvalue weighted by Crippen LogP contribution is -2.30. The van der Waals surface area contributed by atoms with Crippen molar-refractivity contribution in [3.05, 3.63) is 72.9 Å². The highest BCUT2D eigenvalue weighted by Gasteiger charge is 2.19. The summed E-state index contributed by atoms with van der Waals surface area (Å²) in [6.45, 7) is 6.55. The van der Waals surface area contributed by atoms with Gasteiger partial charge < -0.3 is 14.2 Å². The molecule has 65 heavy (non-hydrogen) atoms. The normalized spacial score (nSPS) is 12.6. The van der Waals surface area contributed by atoms with Gasteiger partial charge in [0.25, 0.3) is 0 Å². The van der Waals surface area contributed by atoms with Gasteiger partial charge in [0.15, 0.2) is 6.10 Å². The molecule has 0 aromatic rings. The van der Waals surface area contributed by atoms with Crippen LogP contribution in [0.25, 0.3) is 0 Å². The van der Waals surface area contributed by atoms with E-state index in [1.165, 1.54) is 148 Å². The van der Waals surface area contributed by atoms with Crippen LogP contribution in [-0.4, -0.2) is 37.2 Å². The minimum Gasteiger partial charge on any atom is -0.462 e. The predicted octanol–water partition coefficient (Wildman–Crippen LogP) is 18.2. The molecular formula is C59H102O6. The van der Waals surface area contributed by atoms with Gasteiger partial charge in [0.1, 0.15) is 13.2 Å². The van der Waals surface area contributed by atoms with Crippen LogP contribution in [0.4, 0.5) is 0 Å². The zero-order valence-corrected chi connectivity index (χ0v) is 42.7. The van der Waals surface area contributed by atoms with Crippen molar-refractivity contribution < 1.29 is 28.6 Å². The van der Waals surface area contributed by atoms with Gasteiger partial charge in [-0.05, 0) is 109 Å². The average molecular weight is 907 g/mol. The Morgan fingerprint density at radius 1 is 0.308 bits per heavy atom. The second-order valence-electron chi connectivity index (χ2n) is 18.1. The van der Waals surface area contributed by atoms with Crippen LogP contribution < -0.4 is 0 Å². The summed E-state index contributed by atoms with van der Waals surface area (Å²) in [6.07, 6.45) is 67.4. The average Bonchev–Trinajstić information content (AvgIpc) is 3.30. The van der Waals surface area contributed by atoms with Crippen LogP contribution in [0.1, 0.15) is 265 Å². The van der Waals surface area contributed by atoms with Crippen molar-refractivity contribution in [2.45, 2.75) is 271 Å². The number of carbonyl (C=O) groups excluding carboxylic acids is 3. The van der Waals surface area contributed by atoms with E-state index in [9.17, 15) is 14.4 Å². The van der Waals surface area contributed by atoms with E-state index in [0.717, 1.165) is 70.6 Å². The van der Waals surface area contributed by atoms with Crippen LogP contribution >= 0.6 is 0 Å². The van der Waals surface area contributed by atoms with Crippen molar-refractivity contribution in [1.82, 2.24) is 0 Å². The van der Waals surface area contributed by atoms with E-state index < -0.39 is 6.10 Å². The molecule has 0 aromatic carbocycles. The van der Waals surface area contributed by atoms with Crippen LogP contribution in [0.15, 0.2) is 72.9 Å². The maximum atomic E-state index is 12.8. The quantitative estimate of drug-likeness (QED) is 0.0262. The third-order valence-corrected chi connectivity index (χ3v) is 11.7. The van der Waals surface area contributed by atoms with Crippen molar-refractivity contribution in [2.75, 3.05) is 13.2 Å². The minimum absolute atomic E-state index is 0.102. The predicted molar refractivity (Wildman–Crippen MR) is 279 cm³/mol. The van der Waals surface area contributed by atoms with Crippen LogP contribution in [-0.2, 0) is 28.6 Å². The molecule has 1 atom stereocenters. The molecule has 0 amide bonds. The largest absolute Gasteiger partial charge is 0.462 e. The Labute approximate surface area is 402 Å². The van der Waals surface area contributed by atoms with Gasteiger partial charge >= 0.3 is 17.9 Å². The molecule has 0 unspecified atom stereocenters. The molecule has 0 bridgehead atoms. The van der Waals surface area contributed by atoms with Crippen LogP contribution in [0.3, 0.4) is 0 Å². The van der Waals surface area contributed by atoms with Crippen molar-refractivity contribution in [3.63, 3.8) is 0 Å². The summed E-state index contributed by atoms with van der Waals surface area (Å²) in [5.41, 5.74) is 0. The van der Waals surface area contributed by atoms with Gasteiger partial charge in [-0.3, -0.25) is 14.4 Å². The lowest BCUT2D eigenvalue weighted by atomic mass is 10.1. The highest BCUT2D eigenvalue weighted by molar-refractivity contribution is 5.71. The molecule has 0 fully saturated rings. The second kappa shape index (κ2) is 53.5. The van der Waals surface area contributed by atoms with E-state index >= 15 is 0 Å². The first kappa shape index (κ1) is 61.9. The Hall–Kier alpha value is -3.15. The molecule has 0 aliphatic carbocycles. The van der Waals surface area contributed by atoms with E-state index in [-0.39, 0.29) is 37.5 Å². The van der Waals surface area contributed by atoms with Crippen molar-refractivity contribution in [2.24, 2.45) is 0 Å². The molecule has 0 saturated carbocycles. The molecule has 0 heterocycles. The zero-order valence-electron chi connectivity index (χ0n) is 42.7. The summed E-state index contributed by atoms with van der Waals surface area (Å²) in [7, 11) is 0. The van der Waals surface area contributed by atoms with Crippen molar-refractivity contribution in [3.8, 4) is 0 Å². The summed E-state index contributed by atoms with van der Waals surface area (Å²) in [4.78, 5) is 38.0. The van der Waals surface area contributed by atoms with Gasteiger partial charge in [0.05, 0.1) is 0 Å². The fourth-order valence-electron chi connectivity index (χ4n) is 7.48. The number of ether oxygens (including phenoxy) is 3. The summed E-state index contributed by atoms with van der Waals surface area (Å²) in [5, 5.41) is 0. The first-order valence-corrected chi connectivity index (χ1v) is 27.4. The van der Waals surface area contributed by atoms with E-state index in [1.807, 2.05) is 0 Å². The third kappa shape index (κ3) is 51.7. The van der Waals surface area contributed by atoms with Gasteiger partial charge in [-0.15, -0.1) is 0 Å². The number of esters is 3. The standard InChI is InChI=1S/C59H102O6/c1-4-7-10-13-16-19-22-25-28-29-32-35-38-41-44-47-50-53-59(62)65-56(54-63-57(60)51-48-45-42-39-36-33-30-26-23-20-17-14-11-8-5-2)55-64-58(61)52-49-46-43-40-37-34-31-27-24-21-18-15-12-9-6-3/h16,19-20,23,25,27-28,31-32,35,41,44,56H,4-15,17-18,21-22,24,26,29-30,33-34,36-40,42-43,45-55H2,1-3H3/b19-16-,23-20-,28-25-,31-27-,35-32-,44-41-/t56-/m0/s1. The highest BCUT2D eigenvalue weighted by atomic mass is 16.6. The highest BCUT2D eigenvalue weighted by Crippen LogP contribution is 2.14. The molecule has 0 N–H and O–H groups in total. The second-order valence-corrected chi connectivity index (χ2v) is 18.1. The van der Waals surface area contributed by atoms with Gasteiger partial charge in [-0.2, -0.15) is 0 Å². The molecular weight excluding hydrogens is 805 g/mol. The molecule has 0 spiro atoms. The molecule has 0 rings (SSSR count). The van der Waals surface area contributed by atoms with Gasteiger partial charge in [-0.25, -0.2) is 0 Å². The fraction of sp³-hybridized carbons (Fsp3) is 0.746. The minimum atomic E-state index is -0.808. The summed E-state index contributed by atoms with van der Waals surface area (Å²) >= 11 is 0. The monoisotopic (exact) mass is 907 g/mol. The SMILES string of the molecule is CCCCC/C=C\C/C=C\C/C=C\C/C=C\CCCC(=O)O[C@H](COC(=O)CCCCCCC/C=C\CCCCCCCC)COC(=O)CCCCCCCCC/C=C\CCCCCC. The Kier molecular flexibility index (Phi) is 50.9. The van der Waals surface area contributed by atoms with Gasteiger partial charge in [0.2, 0.25) is 0 Å². The number of hydrogen-bond donors (Lipinski definition) is 0. The molecule has 0 aliphatic rings. The van der Waals surface area contributed by atoms with E-state index in [0.29, 0.717) is 19.3 Å². The number of carbonyl (C=O) groups is 3. The van der Waals surface area contributed by atoms with Crippen LogP contribution in [0.5, 0.6) is 0 Å². The molecule has 6 nitrogen and oxygen atoms in total. The molecule has 0 aromatic heterocycles. The maximum Gasteiger partial charge on any atom is 0.306 e. The topological polar surface area (TPSA) is 78.9 Å². The molecule has 0 radical (unpaired) electrons. The van der Waals surface area contributed by atoms with Crippen molar-refractivity contribution in [1.29, 1.82) is 0 Å². The lowest BCUT2D eigenvalue weighted by molar-refractivity contribution is -0.167. The first-order valence-electron chi connectivity index (χ1n) is 27.4. The van der Waals surface area contributed by atoms with Gasteiger partial charge in [-0.1, -0.05) is 209 Å². The number of allylic oxidation sites excluding steroid dienone is 12. The Morgan fingerprint density at radius 2 is 0.569 bits per heavy atom. The van der Waals surface area contributed by atoms with E-state index in [2.05, 4.69) is 93.7 Å². The van der Waals surface area contributed by atoms with Crippen LogP contribution in [0, 0.1) is 0 Å². The van der Waals surface area contributed by atoms with E-state index in [1.54, 1.807) is 0 Å². The number of rotatable bonds is 49. The third-order valence-electron chi connectivity index (χ3n) is 11.7. The summed E-state index contributed by atoms with van der Waals surface area (Å²) in [5.74, 6) is -0.967. The Morgan fingerprint density at radius 3 is 0.969 bits per heavy atom. The summed E-state index contributed by atoms with van der Waals surface area (Å²) in [6, 6.07) is 0. The smallest absolute Gasteiger partial charge is 0.306 e. The Balaban J connectivity index is 4.49. The van der Waals surface area contributed by atoms with Gasteiger partial charge in [0, 0.05) is 19.3 Å².